The van der Waals surface area contributed by atoms with Crippen molar-refractivity contribution in [1.82, 2.24) is 4.57 Å². The van der Waals surface area contributed by atoms with E-state index < -0.39 is 0 Å². The first kappa shape index (κ1) is 9.73. The minimum Gasteiger partial charge on any atom is -0.507 e. The molecular weight excluding hydrogens is 194 g/mol. The smallest absolute Gasteiger partial charge is 0.254 e. The van der Waals surface area contributed by atoms with Crippen LogP contribution in [0.1, 0.15) is 0 Å². The Balaban J connectivity index is 2.83. The quantitative estimate of drug-likeness (QED) is 0.758. The van der Waals surface area contributed by atoms with E-state index in [0.717, 1.165) is 6.07 Å². The standard InChI is InChI=1S/C11H11NO3/c13-6-5-12-9-4-2-1-3-8(9)10(14)7-11(12)15/h1-4,7,13-14H,5-6H2. The van der Waals surface area contributed by atoms with E-state index >= 15 is 0 Å². The summed E-state index contributed by atoms with van der Waals surface area (Å²) in [5.41, 5.74) is 0.330. The third kappa shape index (κ3) is 1.59. The van der Waals surface area contributed by atoms with Crippen LogP contribution < -0.4 is 5.56 Å². The van der Waals surface area contributed by atoms with E-state index in [9.17, 15) is 9.90 Å². The molecule has 0 unspecified atom stereocenters. The van der Waals surface area contributed by atoms with E-state index in [-0.39, 0.29) is 24.5 Å². The summed E-state index contributed by atoms with van der Waals surface area (Å²) >= 11 is 0. The second-order valence-corrected chi connectivity index (χ2v) is 3.26. The molecular formula is C11H11NO3. The number of para-hydroxylation sites is 1. The van der Waals surface area contributed by atoms with Crippen molar-refractivity contribution in [2.45, 2.75) is 6.54 Å². The minimum atomic E-state index is -0.305. The summed E-state index contributed by atoms with van der Waals surface area (Å²) < 4.78 is 1.44. The van der Waals surface area contributed by atoms with Crippen LogP contribution in [-0.4, -0.2) is 21.4 Å². The van der Waals surface area contributed by atoms with Crippen LogP contribution in [0.4, 0.5) is 0 Å². The van der Waals surface area contributed by atoms with Crippen LogP contribution in [0, 0.1) is 0 Å². The van der Waals surface area contributed by atoms with E-state index in [4.69, 9.17) is 5.11 Å². The number of aromatic hydroxyl groups is 1. The molecule has 0 saturated carbocycles. The molecule has 0 aliphatic carbocycles. The fourth-order valence-corrected chi connectivity index (χ4v) is 1.65. The van der Waals surface area contributed by atoms with Gasteiger partial charge in [-0.1, -0.05) is 12.1 Å². The maximum atomic E-state index is 11.5. The highest BCUT2D eigenvalue weighted by atomic mass is 16.3. The largest absolute Gasteiger partial charge is 0.507 e. The van der Waals surface area contributed by atoms with Gasteiger partial charge in [-0.05, 0) is 12.1 Å². The van der Waals surface area contributed by atoms with Gasteiger partial charge in [-0.15, -0.1) is 0 Å². The Morgan fingerprint density at radius 1 is 1.27 bits per heavy atom. The molecule has 2 N–H and O–H groups in total. The maximum absolute atomic E-state index is 11.5. The van der Waals surface area contributed by atoms with Gasteiger partial charge >= 0.3 is 0 Å². The van der Waals surface area contributed by atoms with Crippen LogP contribution in [0.3, 0.4) is 0 Å². The SMILES string of the molecule is O=c1cc(O)c2ccccc2n1CCO. The Bertz CT molecular complexity index is 545. The summed E-state index contributed by atoms with van der Waals surface area (Å²) in [4.78, 5) is 11.5. The molecule has 0 saturated heterocycles. The number of fused-ring (bicyclic) bond motifs is 1. The average molecular weight is 205 g/mol. The summed E-state index contributed by atoms with van der Waals surface area (Å²) in [5, 5.41) is 19.0. The van der Waals surface area contributed by atoms with E-state index in [2.05, 4.69) is 0 Å². The van der Waals surface area contributed by atoms with Gasteiger partial charge in [-0.25, -0.2) is 0 Å². The highest BCUT2D eigenvalue weighted by molar-refractivity contribution is 5.84. The first-order chi connectivity index (χ1) is 7.24. The van der Waals surface area contributed by atoms with E-state index in [0.29, 0.717) is 10.9 Å². The third-order valence-corrected chi connectivity index (χ3v) is 2.32. The molecule has 1 heterocycles. The number of pyridine rings is 1. The Morgan fingerprint density at radius 3 is 2.73 bits per heavy atom. The Labute approximate surface area is 86.0 Å². The predicted octanol–water partition coefficient (Wildman–Crippen LogP) is 0.699. The molecule has 78 valence electrons. The van der Waals surface area contributed by atoms with Crippen molar-refractivity contribution in [2.24, 2.45) is 0 Å². The molecule has 0 radical (unpaired) electrons. The van der Waals surface area contributed by atoms with E-state index in [1.807, 2.05) is 0 Å². The number of nitrogens with zero attached hydrogens (tertiary/aromatic N) is 1. The van der Waals surface area contributed by atoms with E-state index in [1.165, 1.54) is 4.57 Å². The van der Waals surface area contributed by atoms with Crippen molar-refractivity contribution in [3.63, 3.8) is 0 Å². The molecule has 0 bridgehead atoms. The molecule has 1 aromatic carbocycles. The predicted molar refractivity (Wildman–Crippen MR) is 57.0 cm³/mol. The fourth-order valence-electron chi connectivity index (χ4n) is 1.65. The van der Waals surface area contributed by atoms with Crippen molar-refractivity contribution in [3.05, 3.63) is 40.7 Å². The van der Waals surface area contributed by atoms with Gasteiger partial charge in [0.05, 0.1) is 12.1 Å². The number of benzene rings is 1. The number of hydrogen-bond donors (Lipinski definition) is 2. The number of aliphatic hydroxyl groups is 1. The van der Waals surface area contributed by atoms with Crippen LogP contribution >= 0.6 is 0 Å². The Morgan fingerprint density at radius 2 is 2.00 bits per heavy atom. The lowest BCUT2D eigenvalue weighted by molar-refractivity contribution is 0.276. The first-order valence-corrected chi connectivity index (χ1v) is 4.66. The zero-order valence-corrected chi connectivity index (χ0v) is 8.05. The van der Waals surface area contributed by atoms with Crippen LogP contribution in [-0.2, 0) is 6.54 Å². The van der Waals surface area contributed by atoms with Crippen molar-refractivity contribution < 1.29 is 10.2 Å². The van der Waals surface area contributed by atoms with Crippen LogP contribution in [0.2, 0.25) is 0 Å². The van der Waals surface area contributed by atoms with Gasteiger partial charge in [0.25, 0.3) is 5.56 Å². The minimum absolute atomic E-state index is 0.0233. The molecule has 2 aromatic rings. The first-order valence-electron chi connectivity index (χ1n) is 4.66. The molecule has 0 atom stereocenters. The molecule has 4 heteroatoms. The summed E-state index contributed by atoms with van der Waals surface area (Å²) in [6.45, 7) is 0.133. The van der Waals surface area contributed by atoms with Crippen LogP contribution in [0.5, 0.6) is 5.75 Å². The lowest BCUT2D eigenvalue weighted by atomic mass is 10.2. The molecule has 4 nitrogen and oxygen atoms in total. The summed E-state index contributed by atoms with van der Waals surface area (Å²) in [7, 11) is 0. The highest BCUT2D eigenvalue weighted by Gasteiger charge is 2.06. The second kappa shape index (κ2) is 3.74. The number of aromatic nitrogens is 1. The third-order valence-electron chi connectivity index (χ3n) is 2.32. The van der Waals surface area contributed by atoms with Gasteiger partial charge in [-0.2, -0.15) is 0 Å². The topological polar surface area (TPSA) is 62.5 Å². The van der Waals surface area contributed by atoms with Gasteiger partial charge in [-0.3, -0.25) is 4.79 Å². The monoisotopic (exact) mass is 205 g/mol. The Hall–Kier alpha value is -1.81. The van der Waals surface area contributed by atoms with Crippen molar-refractivity contribution in [1.29, 1.82) is 0 Å². The molecule has 0 amide bonds. The summed E-state index contributed by atoms with van der Waals surface area (Å²) in [5.74, 6) is -0.0233. The molecule has 0 spiro atoms. The van der Waals surface area contributed by atoms with Gasteiger partial charge < -0.3 is 14.8 Å². The number of hydrogen-bond acceptors (Lipinski definition) is 3. The summed E-state index contributed by atoms with van der Waals surface area (Å²) in [6.07, 6.45) is 0. The number of aliphatic hydroxyl groups excluding tert-OH is 1. The molecule has 0 aliphatic heterocycles. The Kier molecular flexibility index (Phi) is 2.43. The molecule has 0 aliphatic rings. The van der Waals surface area contributed by atoms with Crippen LogP contribution in [0.25, 0.3) is 10.9 Å². The van der Waals surface area contributed by atoms with Gasteiger partial charge in [0, 0.05) is 18.0 Å². The second-order valence-electron chi connectivity index (χ2n) is 3.26. The summed E-state index contributed by atoms with van der Waals surface area (Å²) in [6, 6.07) is 8.22. The number of rotatable bonds is 2. The zero-order valence-electron chi connectivity index (χ0n) is 8.05. The highest BCUT2D eigenvalue weighted by Crippen LogP contribution is 2.21. The maximum Gasteiger partial charge on any atom is 0.254 e. The van der Waals surface area contributed by atoms with Crippen LogP contribution in [0.15, 0.2) is 35.1 Å². The normalized spacial score (nSPS) is 10.7. The van der Waals surface area contributed by atoms with Gasteiger partial charge in [0.2, 0.25) is 0 Å². The van der Waals surface area contributed by atoms with Crippen molar-refractivity contribution in [2.75, 3.05) is 6.61 Å². The lowest BCUT2D eigenvalue weighted by Crippen LogP contribution is -2.21. The molecule has 15 heavy (non-hydrogen) atoms. The van der Waals surface area contributed by atoms with Gasteiger partial charge in [0.1, 0.15) is 5.75 Å². The lowest BCUT2D eigenvalue weighted by Gasteiger charge is -2.09. The van der Waals surface area contributed by atoms with Crippen molar-refractivity contribution >= 4 is 10.9 Å². The average Bonchev–Trinajstić information content (AvgIpc) is 2.24. The van der Waals surface area contributed by atoms with E-state index in [1.54, 1.807) is 24.3 Å². The van der Waals surface area contributed by atoms with Crippen molar-refractivity contribution in [3.8, 4) is 5.75 Å². The fraction of sp³-hybridized carbons (Fsp3) is 0.182. The molecule has 1 aromatic heterocycles. The molecule has 2 rings (SSSR count). The molecule has 0 fully saturated rings. The van der Waals surface area contributed by atoms with Gasteiger partial charge in [0.15, 0.2) is 0 Å². The zero-order chi connectivity index (χ0) is 10.8.